The maximum atomic E-state index is 4.04. The number of tetrazole rings is 1. The Balaban J connectivity index is 1.51. The molecule has 1 aromatic heterocycles. The second-order valence-electron chi connectivity index (χ2n) is 5.95. The van der Waals surface area contributed by atoms with Crippen LogP contribution in [0.25, 0.3) is 11.4 Å². The van der Waals surface area contributed by atoms with Gasteiger partial charge < -0.3 is 5.32 Å². The van der Waals surface area contributed by atoms with Crippen LogP contribution in [-0.2, 0) is 0 Å². The van der Waals surface area contributed by atoms with E-state index >= 15 is 0 Å². The lowest BCUT2D eigenvalue weighted by Crippen LogP contribution is -2.41. The molecule has 2 fully saturated rings. The van der Waals surface area contributed by atoms with E-state index in [9.17, 15) is 0 Å². The van der Waals surface area contributed by atoms with Crippen molar-refractivity contribution < 1.29 is 0 Å². The third-order valence-corrected chi connectivity index (χ3v) is 4.67. The summed E-state index contributed by atoms with van der Waals surface area (Å²) in [5.74, 6) is 0.643. The lowest BCUT2D eigenvalue weighted by atomic mass is 9.99. The molecular formula is C15H20N6. The van der Waals surface area contributed by atoms with E-state index in [1.165, 1.54) is 38.8 Å². The number of H-pyrrole nitrogens is 1. The summed E-state index contributed by atoms with van der Waals surface area (Å²) in [4.78, 5) is 2.64. The Bertz CT molecular complexity index is 596. The van der Waals surface area contributed by atoms with Crippen molar-refractivity contribution in [3.8, 4) is 11.4 Å². The maximum Gasteiger partial charge on any atom is 0.204 e. The van der Waals surface area contributed by atoms with Crippen LogP contribution in [0.5, 0.6) is 0 Å². The van der Waals surface area contributed by atoms with Crippen LogP contribution in [0.1, 0.15) is 25.7 Å². The molecule has 6 nitrogen and oxygen atoms in total. The molecule has 4 rings (SSSR count). The fourth-order valence-corrected chi connectivity index (χ4v) is 3.66. The molecule has 0 amide bonds. The average Bonchev–Trinajstić information content (AvgIpc) is 3.18. The molecule has 2 unspecified atom stereocenters. The Kier molecular flexibility index (Phi) is 3.31. The number of benzene rings is 1. The Morgan fingerprint density at radius 1 is 1.19 bits per heavy atom. The van der Waals surface area contributed by atoms with Crippen molar-refractivity contribution in [3.63, 3.8) is 0 Å². The van der Waals surface area contributed by atoms with E-state index in [2.05, 4.69) is 43.0 Å². The normalized spacial score (nSPS) is 25.7. The molecule has 2 N–H and O–H groups in total. The number of hydrogen-bond acceptors (Lipinski definition) is 5. The predicted molar refractivity (Wildman–Crippen MR) is 80.9 cm³/mol. The summed E-state index contributed by atoms with van der Waals surface area (Å²) in [5.41, 5.74) is 2.14. The molecule has 0 bridgehead atoms. The van der Waals surface area contributed by atoms with Crippen molar-refractivity contribution in [2.24, 2.45) is 0 Å². The molecular weight excluding hydrogens is 264 g/mol. The Hall–Kier alpha value is -1.95. The van der Waals surface area contributed by atoms with Gasteiger partial charge in [-0.25, -0.2) is 0 Å². The van der Waals surface area contributed by atoms with Gasteiger partial charge in [0.05, 0.1) is 0 Å². The van der Waals surface area contributed by atoms with Crippen LogP contribution in [-0.4, -0.2) is 50.7 Å². The largest absolute Gasteiger partial charge is 0.381 e. The summed E-state index contributed by atoms with van der Waals surface area (Å²) in [7, 11) is 0. The number of aromatic nitrogens is 4. The van der Waals surface area contributed by atoms with E-state index in [4.69, 9.17) is 0 Å². The third-order valence-electron chi connectivity index (χ3n) is 4.67. The number of aromatic amines is 1. The number of piperidine rings is 1. The number of anilines is 1. The standard InChI is InChI=1S/C15H20N6/c1-2-8-21-9-7-13(14(21)6-1)16-12-5-3-4-11(10-12)15-17-19-20-18-15/h3-5,10,13-14,16H,1-2,6-9H2,(H,17,18,19,20). The van der Waals surface area contributed by atoms with Gasteiger partial charge in [0.2, 0.25) is 5.82 Å². The Labute approximate surface area is 123 Å². The van der Waals surface area contributed by atoms with Gasteiger partial charge in [-0.3, -0.25) is 4.90 Å². The van der Waals surface area contributed by atoms with Crippen LogP contribution < -0.4 is 5.32 Å². The van der Waals surface area contributed by atoms with Crippen molar-refractivity contribution in [2.75, 3.05) is 18.4 Å². The zero-order valence-corrected chi connectivity index (χ0v) is 12.0. The molecule has 0 aliphatic carbocycles. The first kappa shape index (κ1) is 12.8. The summed E-state index contributed by atoms with van der Waals surface area (Å²) < 4.78 is 0. The number of hydrogen-bond donors (Lipinski definition) is 2. The summed E-state index contributed by atoms with van der Waals surface area (Å²) in [5, 5.41) is 17.9. The lowest BCUT2D eigenvalue weighted by Gasteiger charge is -2.33. The highest BCUT2D eigenvalue weighted by molar-refractivity contribution is 5.62. The quantitative estimate of drug-likeness (QED) is 0.901. The van der Waals surface area contributed by atoms with Gasteiger partial charge in [-0.05, 0) is 43.2 Å². The van der Waals surface area contributed by atoms with Crippen LogP contribution in [0.4, 0.5) is 5.69 Å². The van der Waals surface area contributed by atoms with E-state index in [1.54, 1.807) is 0 Å². The summed E-state index contributed by atoms with van der Waals surface area (Å²) >= 11 is 0. The molecule has 3 heterocycles. The first-order chi connectivity index (χ1) is 10.4. The highest BCUT2D eigenvalue weighted by Crippen LogP contribution is 2.30. The van der Waals surface area contributed by atoms with Crippen molar-refractivity contribution >= 4 is 5.69 Å². The van der Waals surface area contributed by atoms with Crippen LogP contribution in [0.3, 0.4) is 0 Å². The van der Waals surface area contributed by atoms with Gasteiger partial charge in [-0.1, -0.05) is 18.6 Å². The molecule has 2 aliphatic heterocycles. The summed E-state index contributed by atoms with van der Waals surface area (Å²) in [6.45, 7) is 2.50. The second-order valence-corrected chi connectivity index (χ2v) is 5.95. The molecule has 110 valence electrons. The fourth-order valence-electron chi connectivity index (χ4n) is 3.66. The van der Waals surface area contributed by atoms with E-state index in [0.717, 1.165) is 11.3 Å². The van der Waals surface area contributed by atoms with Gasteiger partial charge in [-0.15, -0.1) is 10.2 Å². The van der Waals surface area contributed by atoms with Crippen LogP contribution >= 0.6 is 0 Å². The van der Waals surface area contributed by atoms with Gasteiger partial charge in [0, 0.05) is 29.9 Å². The zero-order chi connectivity index (χ0) is 14.1. The van der Waals surface area contributed by atoms with Crippen molar-refractivity contribution in [2.45, 2.75) is 37.8 Å². The van der Waals surface area contributed by atoms with Gasteiger partial charge in [0.25, 0.3) is 0 Å². The Morgan fingerprint density at radius 2 is 2.19 bits per heavy atom. The predicted octanol–water partition coefficient (Wildman–Crippen LogP) is 1.91. The van der Waals surface area contributed by atoms with Crippen LogP contribution in [0.15, 0.2) is 24.3 Å². The van der Waals surface area contributed by atoms with Gasteiger partial charge >= 0.3 is 0 Å². The zero-order valence-electron chi connectivity index (χ0n) is 12.0. The highest BCUT2D eigenvalue weighted by Gasteiger charge is 2.35. The van der Waals surface area contributed by atoms with E-state index in [-0.39, 0.29) is 0 Å². The molecule has 6 heteroatoms. The van der Waals surface area contributed by atoms with Crippen LogP contribution in [0.2, 0.25) is 0 Å². The molecule has 0 spiro atoms. The first-order valence-electron chi connectivity index (χ1n) is 7.74. The van der Waals surface area contributed by atoms with Gasteiger partial charge in [0.1, 0.15) is 0 Å². The number of nitrogens with zero attached hydrogens (tertiary/aromatic N) is 4. The van der Waals surface area contributed by atoms with Crippen molar-refractivity contribution in [1.82, 2.24) is 25.5 Å². The molecule has 1 aromatic carbocycles. The van der Waals surface area contributed by atoms with Crippen molar-refractivity contribution in [3.05, 3.63) is 24.3 Å². The number of rotatable bonds is 3. The van der Waals surface area contributed by atoms with E-state index in [0.29, 0.717) is 17.9 Å². The minimum atomic E-state index is 0.561. The summed E-state index contributed by atoms with van der Waals surface area (Å²) in [6.07, 6.45) is 5.28. The first-order valence-corrected chi connectivity index (χ1v) is 7.74. The SMILES string of the molecule is c1cc(NC2CCN3CCCCC23)cc(-c2nn[nH]n2)c1. The summed E-state index contributed by atoms with van der Waals surface area (Å²) in [6, 6.07) is 9.54. The number of nitrogens with one attached hydrogen (secondary N) is 2. The van der Waals surface area contributed by atoms with Gasteiger partial charge in [-0.2, -0.15) is 5.21 Å². The number of fused-ring (bicyclic) bond motifs is 1. The molecule has 0 radical (unpaired) electrons. The Morgan fingerprint density at radius 3 is 3.10 bits per heavy atom. The van der Waals surface area contributed by atoms with E-state index < -0.39 is 0 Å². The second kappa shape index (κ2) is 5.44. The fraction of sp³-hybridized carbons (Fsp3) is 0.533. The molecule has 2 aromatic rings. The smallest absolute Gasteiger partial charge is 0.204 e. The van der Waals surface area contributed by atoms with Crippen LogP contribution in [0, 0.1) is 0 Å². The average molecular weight is 284 g/mol. The molecule has 2 saturated heterocycles. The maximum absolute atomic E-state index is 4.04. The molecule has 2 aliphatic rings. The molecule has 2 atom stereocenters. The third kappa shape index (κ3) is 2.51. The molecule has 0 saturated carbocycles. The monoisotopic (exact) mass is 284 g/mol. The lowest BCUT2D eigenvalue weighted by molar-refractivity contribution is 0.193. The van der Waals surface area contributed by atoms with Crippen molar-refractivity contribution in [1.29, 1.82) is 0 Å². The van der Waals surface area contributed by atoms with Gasteiger partial charge in [0.15, 0.2) is 0 Å². The molecule has 21 heavy (non-hydrogen) atoms. The minimum absolute atomic E-state index is 0.561. The highest BCUT2D eigenvalue weighted by atomic mass is 15.5. The topological polar surface area (TPSA) is 69.7 Å². The van der Waals surface area contributed by atoms with E-state index in [1.807, 2.05) is 12.1 Å². The minimum Gasteiger partial charge on any atom is -0.381 e.